The van der Waals surface area contributed by atoms with Gasteiger partial charge in [-0.3, -0.25) is 9.69 Å². The van der Waals surface area contributed by atoms with Crippen molar-refractivity contribution in [1.29, 1.82) is 0 Å². The minimum atomic E-state index is -0.458. The SMILES string of the molecule is CC1CC(C)CN(Cc2ccccc2CNC(=O)C(C)OCC2CCCO2)C1. The van der Waals surface area contributed by atoms with Crippen molar-refractivity contribution in [2.45, 2.75) is 65.3 Å². The lowest BCUT2D eigenvalue weighted by Crippen LogP contribution is -2.38. The predicted molar refractivity (Wildman–Crippen MR) is 111 cm³/mol. The lowest BCUT2D eigenvalue weighted by atomic mass is 9.91. The Labute approximate surface area is 169 Å². The van der Waals surface area contributed by atoms with Gasteiger partial charge in [0.25, 0.3) is 0 Å². The number of nitrogens with zero attached hydrogens (tertiary/aromatic N) is 1. The molecule has 2 saturated heterocycles. The number of likely N-dealkylation sites (tertiary alicyclic amines) is 1. The molecule has 4 atom stereocenters. The molecule has 1 N–H and O–H groups in total. The Kier molecular flexibility index (Phi) is 7.89. The van der Waals surface area contributed by atoms with E-state index in [2.05, 4.69) is 42.3 Å². The Morgan fingerprint density at radius 2 is 1.96 bits per heavy atom. The second-order valence-electron chi connectivity index (χ2n) is 8.74. The fourth-order valence-corrected chi connectivity index (χ4v) is 4.48. The molecular formula is C23H36N2O3. The van der Waals surface area contributed by atoms with Gasteiger partial charge in [-0.05, 0) is 49.1 Å². The summed E-state index contributed by atoms with van der Waals surface area (Å²) >= 11 is 0. The van der Waals surface area contributed by atoms with Crippen LogP contribution < -0.4 is 5.32 Å². The molecule has 1 amide bonds. The van der Waals surface area contributed by atoms with Crippen LogP contribution in [-0.2, 0) is 27.4 Å². The first-order valence-electron chi connectivity index (χ1n) is 10.8. The van der Waals surface area contributed by atoms with E-state index in [1.165, 1.54) is 17.5 Å². The van der Waals surface area contributed by atoms with Gasteiger partial charge in [0.05, 0.1) is 12.7 Å². The second-order valence-corrected chi connectivity index (χ2v) is 8.74. The summed E-state index contributed by atoms with van der Waals surface area (Å²) in [5.74, 6) is 1.43. The summed E-state index contributed by atoms with van der Waals surface area (Å²) in [4.78, 5) is 15.0. The third-order valence-corrected chi connectivity index (χ3v) is 5.84. The number of rotatable bonds is 8. The van der Waals surface area contributed by atoms with Gasteiger partial charge in [-0.2, -0.15) is 0 Å². The van der Waals surface area contributed by atoms with E-state index in [-0.39, 0.29) is 12.0 Å². The van der Waals surface area contributed by atoms with Gasteiger partial charge in [-0.25, -0.2) is 0 Å². The van der Waals surface area contributed by atoms with Crippen molar-refractivity contribution in [2.24, 2.45) is 11.8 Å². The van der Waals surface area contributed by atoms with Gasteiger partial charge in [0.15, 0.2) is 0 Å². The first-order valence-corrected chi connectivity index (χ1v) is 10.8. The lowest BCUT2D eigenvalue weighted by molar-refractivity contribution is -0.133. The molecule has 0 aromatic heterocycles. The third-order valence-electron chi connectivity index (χ3n) is 5.84. The van der Waals surface area contributed by atoms with Gasteiger partial charge in [-0.1, -0.05) is 38.1 Å². The molecule has 28 heavy (non-hydrogen) atoms. The normalized spacial score (nSPS) is 26.9. The summed E-state index contributed by atoms with van der Waals surface area (Å²) < 4.78 is 11.3. The monoisotopic (exact) mass is 388 g/mol. The number of nitrogens with one attached hydrogen (secondary N) is 1. The van der Waals surface area contributed by atoms with Crippen LogP contribution in [0.4, 0.5) is 0 Å². The van der Waals surface area contributed by atoms with Crippen LogP contribution in [0.1, 0.15) is 51.2 Å². The van der Waals surface area contributed by atoms with Crippen LogP contribution in [0, 0.1) is 11.8 Å². The van der Waals surface area contributed by atoms with Gasteiger partial charge in [-0.15, -0.1) is 0 Å². The zero-order chi connectivity index (χ0) is 19.9. The highest BCUT2D eigenvalue weighted by atomic mass is 16.5. The van der Waals surface area contributed by atoms with Crippen molar-refractivity contribution >= 4 is 5.91 Å². The Balaban J connectivity index is 1.49. The Bertz CT molecular complexity index is 620. The molecule has 0 bridgehead atoms. The highest BCUT2D eigenvalue weighted by Crippen LogP contribution is 2.23. The highest BCUT2D eigenvalue weighted by molar-refractivity contribution is 5.80. The second kappa shape index (κ2) is 10.4. The van der Waals surface area contributed by atoms with Gasteiger partial charge < -0.3 is 14.8 Å². The van der Waals surface area contributed by atoms with E-state index in [0.29, 0.717) is 13.2 Å². The maximum absolute atomic E-state index is 12.4. The number of ether oxygens (including phenoxy) is 2. The molecule has 0 spiro atoms. The smallest absolute Gasteiger partial charge is 0.249 e. The molecule has 4 unspecified atom stereocenters. The van der Waals surface area contributed by atoms with Crippen molar-refractivity contribution in [3.63, 3.8) is 0 Å². The number of carbonyl (C=O) groups is 1. The average molecular weight is 389 g/mol. The van der Waals surface area contributed by atoms with Crippen LogP contribution in [0.5, 0.6) is 0 Å². The highest BCUT2D eigenvalue weighted by Gasteiger charge is 2.23. The van der Waals surface area contributed by atoms with Crippen molar-refractivity contribution in [1.82, 2.24) is 10.2 Å². The molecule has 1 aromatic carbocycles. The zero-order valence-electron chi connectivity index (χ0n) is 17.7. The molecule has 2 aliphatic rings. The van der Waals surface area contributed by atoms with Gasteiger partial charge >= 0.3 is 0 Å². The van der Waals surface area contributed by atoms with Crippen molar-refractivity contribution < 1.29 is 14.3 Å². The molecule has 2 aliphatic heterocycles. The van der Waals surface area contributed by atoms with Crippen LogP contribution in [0.25, 0.3) is 0 Å². The summed E-state index contributed by atoms with van der Waals surface area (Å²) in [6, 6.07) is 8.43. The number of benzene rings is 1. The van der Waals surface area contributed by atoms with Crippen LogP contribution in [0.15, 0.2) is 24.3 Å². The first-order chi connectivity index (χ1) is 13.5. The predicted octanol–water partition coefficient (Wildman–Crippen LogP) is 3.36. The number of hydrogen-bond acceptors (Lipinski definition) is 4. The van der Waals surface area contributed by atoms with E-state index >= 15 is 0 Å². The molecule has 0 aliphatic carbocycles. The van der Waals surface area contributed by atoms with E-state index in [9.17, 15) is 4.79 Å². The number of amides is 1. The standard InChI is InChI=1S/C23H36N2O3/c1-17-11-18(2)14-25(13-17)15-21-8-5-4-7-20(21)12-24-23(26)19(3)28-16-22-9-6-10-27-22/h4-5,7-8,17-19,22H,6,9-16H2,1-3H3,(H,24,26). The molecular weight excluding hydrogens is 352 g/mol. The third kappa shape index (κ3) is 6.29. The maximum Gasteiger partial charge on any atom is 0.249 e. The summed E-state index contributed by atoms with van der Waals surface area (Å²) in [6.45, 7) is 11.6. The molecule has 156 valence electrons. The number of carbonyl (C=O) groups excluding carboxylic acids is 1. The van der Waals surface area contributed by atoms with Crippen LogP contribution in [0.2, 0.25) is 0 Å². The average Bonchev–Trinajstić information content (AvgIpc) is 3.18. The number of hydrogen-bond donors (Lipinski definition) is 1. The quantitative estimate of drug-likeness (QED) is 0.742. The number of piperidine rings is 1. The molecule has 1 aromatic rings. The fraction of sp³-hybridized carbons (Fsp3) is 0.696. The van der Waals surface area contributed by atoms with E-state index in [4.69, 9.17) is 9.47 Å². The zero-order valence-corrected chi connectivity index (χ0v) is 17.7. The van der Waals surface area contributed by atoms with Crippen molar-refractivity contribution in [3.05, 3.63) is 35.4 Å². The summed E-state index contributed by atoms with van der Waals surface area (Å²) in [6.07, 6.45) is 3.11. The van der Waals surface area contributed by atoms with Gasteiger partial charge in [0.1, 0.15) is 6.10 Å². The largest absolute Gasteiger partial charge is 0.376 e. The molecule has 5 nitrogen and oxygen atoms in total. The molecule has 3 rings (SSSR count). The minimum Gasteiger partial charge on any atom is -0.376 e. The van der Waals surface area contributed by atoms with E-state index in [1.807, 2.05) is 13.0 Å². The summed E-state index contributed by atoms with van der Waals surface area (Å²) in [5.41, 5.74) is 2.49. The van der Waals surface area contributed by atoms with E-state index < -0.39 is 6.10 Å². The summed E-state index contributed by atoms with van der Waals surface area (Å²) in [7, 11) is 0. The van der Waals surface area contributed by atoms with Crippen molar-refractivity contribution in [2.75, 3.05) is 26.3 Å². The minimum absolute atomic E-state index is 0.0620. The van der Waals surface area contributed by atoms with Crippen LogP contribution in [-0.4, -0.2) is 49.3 Å². The molecule has 5 heteroatoms. The maximum atomic E-state index is 12.4. The van der Waals surface area contributed by atoms with E-state index in [0.717, 1.165) is 50.9 Å². The topological polar surface area (TPSA) is 50.8 Å². The summed E-state index contributed by atoms with van der Waals surface area (Å²) in [5, 5.41) is 3.05. The van der Waals surface area contributed by atoms with Gasteiger partial charge in [0, 0.05) is 32.8 Å². The first kappa shape index (κ1) is 21.3. The molecule has 0 radical (unpaired) electrons. The van der Waals surface area contributed by atoms with Crippen LogP contribution >= 0.6 is 0 Å². The Morgan fingerprint density at radius 1 is 1.25 bits per heavy atom. The molecule has 2 heterocycles. The molecule has 2 fully saturated rings. The van der Waals surface area contributed by atoms with Gasteiger partial charge in [0.2, 0.25) is 5.91 Å². The van der Waals surface area contributed by atoms with Crippen molar-refractivity contribution in [3.8, 4) is 0 Å². The van der Waals surface area contributed by atoms with E-state index in [1.54, 1.807) is 0 Å². The Hall–Kier alpha value is -1.43. The van der Waals surface area contributed by atoms with Crippen LogP contribution in [0.3, 0.4) is 0 Å². The lowest BCUT2D eigenvalue weighted by Gasteiger charge is -2.35. The fourth-order valence-electron chi connectivity index (χ4n) is 4.48. The molecule has 0 saturated carbocycles. The Morgan fingerprint density at radius 3 is 2.64 bits per heavy atom.